The van der Waals surface area contributed by atoms with Crippen molar-refractivity contribution in [2.45, 2.75) is 12.5 Å². The van der Waals surface area contributed by atoms with Gasteiger partial charge in [-0.2, -0.15) is 0 Å². The second-order valence-electron chi connectivity index (χ2n) is 1.74. The van der Waals surface area contributed by atoms with Crippen molar-refractivity contribution in [3.8, 4) is 0 Å². The molecule has 0 saturated heterocycles. The standard InChI is InChI=1S/C5H10N2/c6-4-5-2-1-3-7-5/h1,3,5,7H,2,4,6H2. The summed E-state index contributed by atoms with van der Waals surface area (Å²) in [7, 11) is 0. The Morgan fingerprint density at radius 3 is 3.00 bits per heavy atom. The van der Waals surface area contributed by atoms with E-state index in [2.05, 4.69) is 11.4 Å². The summed E-state index contributed by atoms with van der Waals surface area (Å²) in [4.78, 5) is 0. The van der Waals surface area contributed by atoms with E-state index < -0.39 is 0 Å². The minimum atomic E-state index is 0.514. The van der Waals surface area contributed by atoms with Gasteiger partial charge in [0.05, 0.1) is 0 Å². The molecule has 1 aliphatic rings. The molecule has 0 aromatic rings. The van der Waals surface area contributed by atoms with E-state index in [-0.39, 0.29) is 0 Å². The fourth-order valence-corrected chi connectivity index (χ4v) is 0.669. The number of hydrogen-bond acceptors (Lipinski definition) is 2. The Bertz CT molecular complexity index is 70.1. The lowest BCUT2D eigenvalue weighted by atomic mass is 10.2. The number of nitrogens with one attached hydrogen (secondary N) is 1. The van der Waals surface area contributed by atoms with E-state index in [0.717, 1.165) is 13.0 Å². The normalized spacial score (nSPS) is 27.9. The second-order valence-corrected chi connectivity index (χ2v) is 1.74. The van der Waals surface area contributed by atoms with Crippen molar-refractivity contribution in [1.82, 2.24) is 5.32 Å². The molecule has 2 nitrogen and oxygen atoms in total. The van der Waals surface area contributed by atoms with Crippen LogP contribution in [0.1, 0.15) is 6.42 Å². The maximum atomic E-state index is 5.33. The van der Waals surface area contributed by atoms with Gasteiger partial charge in [0.25, 0.3) is 0 Å². The third-order valence-electron chi connectivity index (χ3n) is 1.15. The molecule has 2 heteroatoms. The van der Waals surface area contributed by atoms with Gasteiger partial charge in [0, 0.05) is 12.6 Å². The van der Waals surface area contributed by atoms with Crippen LogP contribution in [-0.2, 0) is 0 Å². The Kier molecular flexibility index (Phi) is 1.32. The summed E-state index contributed by atoms with van der Waals surface area (Å²) in [6, 6.07) is 0.514. The molecular formula is C5H10N2. The Morgan fingerprint density at radius 1 is 1.86 bits per heavy atom. The molecule has 0 saturated carbocycles. The molecule has 1 heterocycles. The van der Waals surface area contributed by atoms with Gasteiger partial charge in [-0.1, -0.05) is 6.08 Å². The van der Waals surface area contributed by atoms with Crippen molar-refractivity contribution in [1.29, 1.82) is 0 Å². The first-order chi connectivity index (χ1) is 3.43. The van der Waals surface area contributed by atoms with E-state index in [1.807, 2.05) is 6.20 Å². The van der Waals surface area contributed by atoms with Gasteiger partial charge in [-0.25, -0.2) is 0 Å². The zero-order valence-corrected chi connectivity index (χ0v) is 4.22. The van der Waals surface area contributed by atoms with Crippen LogP contribution in [0, 0.1) is 0 Å². The molecule has 1 aliphatic heterocycles. The van der Waals surface area contributed by atoms with Crippen LogP contribution in [0.4, 0.5) is 0 Å². The molecule has 0 aromatic carbocycles. The summed E-state index contributed by atoms with van der Waals surface area (Å²) < 4.78 is 0. The van der Waals surface area contributed by atoms with Gasteiger partial charge in [0.15, 0.2) is 0 Å². The Morgan fingerprint density at radius 2 is 2.71 bits per heavy atom. The van der Waals surface area contributed by atoms with Crippen molar-refractivity contribution in [2.24, 2.45) is 5.73 Å². The predicted octanol–water partition coefficient (Wildman–Crippen LogP) is -0.179. The average Bonchev–Trinajstić information content (AvgIpc) is 2.14. The van der Waals surface area contributed by atoms with Crippen LogP contribution in [-0.4, -0.2) is 12.6 Å². The highest BCUT2D eigenvalue weighted by Crippen LogP contribution is 1.96. The van der Waals surface area contributed by atoms with Crippen molar-refractivity contribution in [3.63, 3.8) is 0 Å². The Hall–Kier alpha value is -0.500. The predicted molar refractivity (Wildman–Crippen MR) is 29.7 cm³/mol. The molecule has 0 aliphatic carbocycles. The van der Waals surface area contributed by atoms with Crippen LogP contribution in [0.25, 0.3) is 0 Å². The van der Waals surface area contributed by atoms with Gasteiger partial charge in [-0.15, -0.1) is 0 Å². The fraction of sp³-hybridized carbons (Fsp3) is 0.600. The second kappa shape index (κ2) is 1.98. The van der Waals surface area contributed by atoms with Gasteiger partial charge in [-0.3, -0.25) is 0 Å². The van der Waals surface area contributed by atoms with E-state index in [9.17, 15) is 0 Å². The molecule has 1 atom stereocenters. The third-order valence-corrected chi connectivity index (χ3v) is 1.15. The van der Waals surface area contributed by atoms with Gasteiger partial charge in [-0.05, 0) is 12.6 Å². The lowest BCUT2D eigenvalue weighted by Crippen LogP contribution is -2.28. The van der Waals surface area contributed by atoms with E-state index in [4.69, 9.17) is 5.73 Å². The molecule has 1 unspecified atom stereocenters. The van der Waals surface area contributed by atoms with Crippen molar-refractivity contribution >= 4 is 0 Å². The third kappa shape index (κ3) is 0.933. The maximum Gasteiger partial charge on any atom is 0.0413 e. The summed E-state index contributed by atoms with van der Waals surface area (Å²) in [5.74, 6) is 0. The summed E-state index contributed by atoms with van der Waals surface area (Å²) in [6.45, 7) is 0.743. The van der Waals surface area contributed by atoms with Crippen LogP contribution in [0.15, 0.2) is 12.3 Å². The molecule has 0 radical (unpaired) electrons. The monoisotopic (exact) mass is 98.1 g/mol. The minimum absolute atomic E-state index is 0.514. The van der Waals surface area contributed by atoms with E-state index >= 15 is 0 Å². The van der Waals surface area contributed by atoms with Crippen LogP contribution < -0.4 is 11.1 Å². The van der Waals surface area contributed by atoms with Crippen molar-refractivity contribution < 1.29 is 0 Å². The van der Waals surface area contributed by atoms with Crippen LogP contribution in [0.5, 0.6) is 0 Å². The largest absolute Gasteiger partial charge is 0.387 e. The smallest absolute Gasteiger partial charge is 0.0413 e. The van der Waals surface area contributed by atoms with E-state index in [1.165, 1.54) is 0 Å². The first-order valence-electron chi connectivity index (χ1n) is 2.54. The van der Waals surface area contributed by atoms with Crippen molar-refractivity contribution in [3.05, 3.63) is 12.3 Å². The quantitative estimate of drug-likeness (QED) is 0.477. The SMILES string of the molecule is NCC1CC=CN1. The molecule has 7 heavy (non-hydrogen) atoms. The van der Waals surface area contributed by atoms with Crippen LogP contribution in [0.3, 0.4) is 0 Å². The molecule has 0 spiro atoms. The van der Waals surface area contributed by atoms with Crippen LogP contribution in [0.2, 0.25) is 0 Å². The molecule has 0 fully saturated rings. The summed E-state index contributed by atoms with van der Waals surface area (Å²) in [5, 5.41) is 3.10. The summed E-state index contributed by atoms with van der Waals surface area (Å²) >= 11 is 0. The van der Waals surface area contributed by atoms with E-state index in [0.29, 0.717) is 6.04 Å². The van der Waals surface area contributed by atoms with E-state index in [1.54, 1.807) is 0 Å². The summed E-state index contributed by atoms with van der Waals surface area (Å²) in [5.41, 5.74) is 5.33. The fourth-order valence-electron chi connectivity index (χ4n) is 0.669. The molecule has 0 amide bonds. The number of hydrogen-bond donors (Lipinski definition) is 2. The molecule has 0 aromatic heterocycles. The Balaban J connectivity index is 2.22. The first kappa shape index (κ1) is 4.65. The number of nitrogens with two attached hydrogens (primary N) is 1. The topological polar surface area (TPSA) is 38.0 Å². The Labute approximate surface area is 43.4 Å². The molecule has 3 N–H and O–H groups in total. The minimum Gasteiger partial charge on any atom is -0.387 e. The molecule has 0 bridgehead atoms. The van der Waals surface area contributed by atoms with Gasteiger partial charge in [0.2, 0.25) is 0 Å². The highest BCUT2D eigenvalue weighted by atomic mass is 14.9. The van der Waals surface area contributed by atoms with Crippen molar-refractivity contribution in [2.75, 3.05) is 6.54 Å². The zero-order chi connectivity index (χ0) is 5.11. The molecule has 1 rings (SSSR count). The number of rotatable bonds is 1. The molecular weight excluding hydrogens is 88.1 g/mol. The highest BCUT2D eigenvalue weighted by Gasteiger charge is 2.03. The van der Waals surface area contributed by atoms with Gasteiger partial charge >= 0.3 is 0 Å². The van der Waals surface area contributed by atoms with Gasteiger partial charge < -0.3 is 11.1 Å². The lowest BCUT2D eigenvalue weighted by molar-refractivity contribution is 0.638. The zero-order valence-electron chi connectivity index (χ0n) is 4.22. The van der Waals surface area contributed by atoms with Gasteiger partial charge in [0.1, 0.15) is 0 Å². The van der Waals surface area contributed by atoms with Crippen LogP contribution >= 0.6 is 0 Å². The lowest BCUT2D eigenvalue weighted by Gasteiger charge is -2.03. The first-order valence-corrected chi connectivity index (χ1v) is 2.54. The highest BCUT2D eigenvalue weighted by molar-refractivity contribution is 4.94. The molecule has 40 valence electrons. The summed E-state index contributed by atoms with van der Waals surface area (Å²) in [6.07, 6.45) is 5.14. The maximum absolute atomic E-state index is 5.33. The average molecular weight is 98.1 g/mol.